The second kappa shape index (κ2) is 12.7. The predicted octanol–water partition coefficient (Wildman–Crippen LogP) is 6.53. The van der Waals surface area contributed by atoms with Gasteiger partial charge >= 0.3 is 5.97 Å². The third-order valence-corrected chi connectivity index (χ3v) is 7.09. The molecule has 1 fully saturated rings. The summed E-state index contributed by atoms with van der Waals surface area (Å²) < 4.78 is 17.3. The predicted molar refractivity (Wildman–Crippen MR) is 154 cm³/mol. The first-order chi connectivity index (χ1) is 18.9. The molecule has 0 spiro atoms. The van der Waals surface area contributed by atoms with Crippen molar-refractivity contribution in [2.45, 2.75) is 39.8 Å². The van der Waals surface area contributed by atoms with E-state index in [1.54, 1.807) is 25.1 Å². The van der Waals surface area contributed by atoms with Crippen molar-refractivity contribution in [1.82, 2.24) is 4.90 Å². The number of carbonyl (C=O) groups is 3. The maximum absolute atomic E-state index is 13.1. The van der Waals surface area contributed by atoms with Crippen molar-refractivity contribution in [1.29, 1.82) is 0 Å². The van der Waals surface area contributed by atoms with Crippen LogP contribution in [0.2, 0.25) is 0 Å². The molecule has 8 heteroatoms. The van der Waals surface area contributed by atoms with Gasteiger partial charge in [-0.1, -0.05) is 48.5 Å². The van der Waals surface area contributed by atoms with E-state index in [1.807, 2.05) is 37.3 Å². The highest BCUT2D eigenvalue weighted by atomic mass is 32.2. The number of allylic oxidation sites excluding steroid dienone is 1. The lowest BCUT2D eigenvalue weighted by Gasteiger charge is -2.19. The highest BCUT2D eigenvalue weighted by Crippen LogP contribution is 2.38. The molecule has 1 heterocycles. The van der Waals surface area contributed by atoms with Gasteiger partial charge in [0.2, 0.25) is 0 Å². The van der Waals surface area contributed by atoms with Gasteiger partial charge in [-0.15, -0.1) is 6.58 Å². The van der Waals surface area contributed by atoms with E-state index in [2.05, 4.69) is 24.8 Å². The van der Waals surface area contributed by atoms with E-state index in [4.69, 9.17) is 14.2 Å². The molecular weight excluding hydrogens is 514 g/mol. The number of amides is 2. The van der Waals surface area contributed by atoms with Crippen LogP contribution in [0, 0.1) is 0 Å². The maximum atomic E-state index is 13.1. The Morgan fingerprint density at radius 3 is 2.54 bits per heavy atom. The van der Waals surface area contributed by atoms with Gasteiger partial charge in [0, 0.05) is 5.56 Å². The molecule has 2 amide bonds. The minimum Gasteiger partial charge on any atom is -0.490 e. The molecule has 0 N–H and O–H groups in total. The molecule has 0 aliphatic carbocycles. The number of fused-ring (bicyclic) bond motifs is 1. The Hall–Kier alpha value is -4.04. The average Bonchev–Trinajstić information content (AvgIpc) is 3.20. The first kappa shape index (κ1) is 28.0. The first-order valence-corrected chi connectivity index (χ1v) is 13.6. The van der Waals surface area contributed by atoms with E-state index < -0.39 is 23.2 Å². The molecule has 39 heavy (non-hydrogen) atoms. The Balaban J connectivity index is 1.65. The summed E-state index contributed by atoms with van der Waals surface area (Å²) in [6.45, 7) is 9.84. The van der Waals surface area contributed by atoms with E-state index >= 15 is 0 Å². The Labute approximate surface area is 232 Å². The molecule has 0 bridgehead atoms. The lowest BCUT2D eigenvalue weighted by molar-refractivity contribution is -0.150. The van der Waals surface area contributed by atoms with E-state index in [0.717, 1.165) is 38.6 Å². The number of imide groups is 1. The molecule has 1 saturated heterocycles. The molecule has 1 aliphatic rings. The average molecular weight is 546 g/mol. The summed E-state index contributed by atoms with van der Waals surface area (Å²) in [5, 5.41) is 1.74. The Bertz CT molecular complexity index is 1440. The number of carbonyl (C=O) groups excluding carboxylic acids is 3. The van der Waals surface area contributed by atoms with Crippen molar-refractivity contribution in [3.8, 4) is 11.5 Å². The fraction of sp³-hybridized carbons (Fsp3) is 0.258. The number of benzene rings is 3. The first-order valence-electron chi connectivity index (χ1n) is 12.8. The van der Waals surface area contributed by atoms with Gasteiger partial charge in [-0.05, 0) is 79.1 Å². The van der Waals surface area contributed by atoms with Crippen LogP contribution in [0.3, 0.4) is 0 Å². The van der Waals surface area contributed by atoms with E-state index in [9.17, 15) is 14.4 Å². The quantitative estimate of drug-likeness (QED) is 0.154. The molecule has 1 aliphatic heterocycles. The van der Waals surface area contributed by atoms with Crippen LogP contribution in [0.5, 0.6) is 11.5 Å². The van der Waals surface area contributed by atoms with Crippen LogP contribution in [0.1, 0.15) is 37.5 Å². The molecule has 7 nitrogen and oxygen atoms in total. The van der Waals surface area contributed by atoms with Gasteiger partial charge in [-0.2, -0.15) is 0 Å². The second-order valence-electron chi connectivity index (χ2n) is 8.84. The van der Waals surface area contributed by atoms with Crippen LogP contribution in [0.15, 0.2) is 72.2 Å². The monoisotopic (exact) mass is 545 g/mol. The summed E-state index contributed by atoms with van der Waals surface area (Å²) in [6.07, 6.45) is 3.91. The summed E-state index contributed by atoms with van der Waals surface area (Å²) in [5.41, 5.74) is 2.55. The minimum atomic E-state index is -1.01. The largest absolute Gasteiger partial charge is 0.490 e. The van der Waals surface area contributed by atoms with Gasteiger partial charge in [-0.3, -0.25) is 14.5 Å². The minimum absolute atomic E-state index is 0.163. The lowest BCUT2D eigenvalue weighted by atomic mass is 10.0. The number of hydrogen-bond donors (Lipinski definition) is 0. The van der Waals surface area contributed by atoms with Gasteiger partial charge < -0.3 is 14.2 Å². The highest BCUT2D eigenvalue weighted by molar-refractivity contribution is 8.18. The molecular formula is C31H31NO6S. The number of hydrogen-bond acceptors (Lipinski definition) is 7. The topological polar surface area (TPSA) is 82.1 Å². The number of rotatable bonds is 11. The summed E-state index contributed by atoms with van der Waals surface area (Å²) in [5.74, 6) is -0.0287. The number of esters is 1. The molecule has 1 atom stereocenters. The molecule has 0 saturated carbocycles. The van der Waals surface area contributed by atoms with Gasteiger partial charge in [-0.25, -0.2) is 4.79 Å². The number of thioether (sulfide) groups is 1. The molecule has 0 unspecified atom stereocenters. The summed E-state index contributed by atoms with van der Waals surface area (Å²) in [4.78, 5) is 39.0. The van der Waals surface area contributed by atoms with Crippen molar-refractivity contribution >= 4 is 45.7 Å². The molecule has 4 rings (SSSR count). The molecule has 0 radical (unpaired) electrons. The molecule has 3 aromatic rings. The Morgan fingerprint density at radius 1 is 1.03 bits per heavy atom. The van der Waals surface area contributed by atoms with Crippen LogP contribution in [-0.2, 0) is 27.4 Å². The van der Waals surface area contributed by atoms with Crippen LogP contribution < -0.4 is 9.47 Å². The summed E-state index contributed by atoms with van der Waals surface area (Å²) in [6, 6.07) is 16.9. The van der Waals surface area contributed by atoms with Crippen LogP contribution in [0.25, 0.3) is 16.8 Å². The fourth-order valence-electron chi connectivity index (χ4n) is 4.40. The second-order valence-corrected chi connectivity index (χ2v) is 9.83. The van der Waals surface area contributed by atoms with Crippen molar-refractivity contribution in [3.63, 3.8) is 0 Å². The van der Waals surface area contributed by atoms with Crippen molar-refractivity contribution in [2.24, 2.45) is 0 Å². The summed E-state index contributed by atoms with van der Waals surface area (Å²) in [7, 11) is 0. The summed E-state index contributed by atoms with van der Waals surface area (Å²) >= 11 is 0.790. The lowest BCUT2D eigenvalue weighted by Crippen LogP contribution is -2.42. The van der Waals surface area contributed by atoms with Crippen LogP contribution >= 0.6 is 11.8 Å². The van der Waals surface area contributed by atoms with Gasteiger partial charge in [0.15, 0.2) is 11.5 Å². The van der Waals surface area contributed by atoms with E-state index in [1.165, 1.54) is 6.92 Å². The van der Waals surface area contributed by atoms with E-state index in [-0.39, 0.29) is 11.5 Å². The van der Waals surface area contributed by atoms with Gasteiger partial charge in [0.1, 0.15) is 12.6 Å². The number of ether oxygens (including phenoxy) is 3. The molecule has 3 aromatic carbocycles. The van der Waals surface area contributed by atoms with Crippen LogP contribution in [-0.4, -0.2) is 41.3 Å². The third-order valence-electron chi connectivity index (χ3n) is 6.21. The highest BCUT2D eigenvalue weighted by Gasteiger charge is 2.41. The normalized spacial score (nSPS) is 15.1. The number of nitrogens with zero attached hydrogens (tertiary/aromatic N) is 1. The molecule has 202 valence electrons. The third kappa shape index (κ3) is 6.17. The van der Waals surface area contributed by atoms with Crippen molar-refractivity contribution in [2.75, 3.05) is 13.2 Å². The van der Waals surface area contributed by atoms with Crippen molar-refractivity contribution in [3.05, 3.63) is 88.8 Å². The fourth-order valence-corrected chi connectivity index (χ4v) is 5.31. The Morgan fingerprint density at radius 2 is 1.79 bits per heavy atom. The van der Waals surface area contributed by atoms with Gasteiger partial charge in [0.25, 0.3) is 11.1 Å². The Kier molecular flexibility index (Phi) is 9.09. The maximum Gasteiger partial charge on any atom is 0.329 e. The van der Waals surface area contributed by atoms with E-state index in [0.29, 0.717) is 36.7 Å². The standard InChI is InChI=1S/C31H31NO6S/c1-5-11-23-16-21(18-27-29(33)32(31(35)39-27)20(4)30(34)37-7-3)17-26(36-6-2)28(23)38-19-24-14-10-13-22-12-8-9-15-25(22)24/h5,8-10,12-18,20H,1,6-7,11,19H2,2-4H3/b27-18+/t20-/m1/s1. The SMILES string of the molecule is C=CCc1cc(/C=C2/SC(=O)N([C@H](C)C(=O)OCC)C2=O)cc(OCC)c1OCc1cccc2ccccc12. The van der Waals surface area contributed by atoms with Gasteiger partial charge in [0.05, 0.1) is 18.1 Å². The zero-order chi connectivity index (χ0) is 27.9. The smallest absolute Gasteiger partial charge is 0.329 e. The zero-order valence-corrected chi connectivity index (χ0v) is 23.1. The van der Waals surface area contributed by atoms with Crippen LogP contribution in [0.4, 0.5) is 4.79 Å². The molecule has 0 aromatic heterocycles. The zero-order valence-electron chi connectivity index (χ0n) is 22.3. The van der Waals surface area contributed by atoms with Crippen molar-refractivity contribution < 1.29 is 28.6 Å².